The van der Waals surface area contributed by atoms with Gasteiger partial charge >= 0.3 is 0 Å². The minimum atomic E-state index is -0.377. The van der Waals surface area contributed by atoms with Crippen molar-refractivity contribution in [2.45, 2.75) is 19.3 Å². The molecule has 5 nitrogen and oxygen atoms in total. The topological polar surface area (TPSA) is 62.6 Å². The number of anilines is 1. The van der Waals surface area contributed by atoms with E-state index in [4.69, 9.17) is 4.42 Å². The maximum atomic E-state index is 12.9. The lowest BCUT2D eigenvalue weighted by Gasteiger charge is -2.14. The number of rotatable bonds is 6. The van der Waals surface area contributed by atoms with Crippen molar-refractivity contribution in [1.29, 1.82) is 0 Å². The van der Waals surface area contributed by atoms with E-state index in [-0.39, 0.29) is 24.2 Å². The van der Waals surface area contributed by atoms with Crippen LogP contribution in [0.4, 0.5) is 10.1 Å². The van der Waals surface area contributed by atoms with Crippen LogP contribution in [0.3, 0.4) is 0 Å². The van der Waals surface area contributed by atoms with Gasteiger partial charge in [-0.1, -0.05) is 6.92 Å². The van der Waals surface area contributed by atoms with Crippen molar-refractivity contribution in [1.82, 2.24) is 4.90 Å². The number of amides is 2. The van der Waals surface area contributed by atoms with Gasteiger partial charge < -0.3 is 14.6 Å². The summed E-state index contributed by atoms with van der Waals surface area (Å²) in [5.74, 6) is 1.68. The number of likely N-dealkylation sites (N-methyl/N-ethyl adjacent to an activating group) is 1. The summed E-state index contributed by atoms with van der Waals surface area (Å²) in [4.78, 5) is 25.4. The van der Waals surface area contributed by atoms with Crippen LogP contribution in [0.2, 0.25) is 0 Å². The Kier molecular flexibility index (Phi) is 5.21. The lowest BCUT2D eigenvalue weighted by molar-refractivity contribution is -0.129. The van der Waals surface area contributed by atoms with Gasteiger partial charge in [-0.15, -0.1) is 0 Å². The maximum absolute atomic E-state index is 12.9. The molecule has 1 saturated carbocycles. The molecule has 6 heteroatoms. The third-order valence-electron chi connectivity index (χ3n) is 4.40. The number of halogens is 1. The number of furan rings is 1. The molecule has 2 unspecified atom stereocenters. The fourth-order valence-electron chi connectivity index (χ4n) is 2.68. The molecule has 0 saturated heterocycles. The van der Waals surface area contributed by atoms with E-state index in [9.17, 15) is 14.0 Å². The number of benzene rings is 1. The third kappa shape index (κ3) is 4.59. The lowest BCUT2D eigenvalue weighted by Crippen LogP contribution is -2.33. The van der Waals surface area contributed by atoms with Crippen molar-refractivity contribution < 1.29 is 18.4 Å². The van der Waals surface area contributed by atoms with Gasteiger partial charge in [-0.2, -0.15) is 0 Å². The molecule has 0 radical (unpaired) electrons. The monoisotopic (exact) mass is 356 g/mol. The normalized spacial score (nSPS) is 18.7. The van der Waals surface area contributed by atoms with Gasteiger partial charge in [0.15, 0.2) is 0 Å². The smallest absolute Gasteiger partial charge is 0.246 e. The van der Waals surface area contributed by atoms with Crippen LogP contribution >= 0.6 is 0 Å². The quantitative estimate of drug-likeness (QED) is 0.804. The Morgan fingerprint density at radius 1 is 1.27 bits per heavy atom. The van der Waals surface area contributed by atoms with E-state index in [0.717, 1.165) is 12.2 Å². The summed E-state index contributed by atoms with van der Waals surface area (Å²) in [5.41, 5.74) is 0.477. The largest absolute Gasteiger partial charge is 0.461 e. The molecule has 1 aromatic carbocycles. The van der Waals surface area contributed by atoms with Gasteiger partial charge in [0.2, 0.25) is 11.8 Å². The van der Waals surface area contributed by atoms with E-state index >= 15 is 0 Å². The Morgan fingerprint density at radius 3 is 2.62 bits per heavy atom. The minimum absolute atomic E-state index is 0.108. The Hall–Kier alpha value is -2.89. The number of nitrogens with zero attached hydrogens (tertiary/aromatic N) is 1. The summed E-state index contributed by atoms with van der Waals surface area (Å²) in [5, 5.41) is 2.61. The Balaban J connectivity index is 1.49. The molecule has 2 atom stereocenters. The molecule has 2 amide bonds. The van der Waals surface area contributed by atoms with Crippen LogP contribution in [0.15, 0.2) is 46.9 Å². The second-order valence-electron chi connectivity index (χ2n) is 6.64. The predicted octanol–water partition coefficient (Wildman–Crippen LogP) is 3.65. The van der Waals surface area contributed by atoms with Gasteiger partial charge in [0.05, 0.1) is 6.54 Å². The highest BCUT2D eigenvalue weighted by Gasteiger charge is 2.36. The van der Waals surface area contributed by atoms with Crippen LogP contribution in [0, 0.1) is 11.7 Å². The van der Waals surface area contributed by atoms with Gasteiger partial charge in [0, 0.05) is 24.7 Å². The molecule has 26 heavy (non-hydrogen) atoms. The van der Waals surface area contributed by atoms with Gasteiger partial charge in [-0.3, -0.25) is 9.59 Å². The van der Waals surface area contributed by atoms with Crippen molar-refractivity contribution >= 4 is 23.6 Å². The van der Waals surface area contributed by atoms with Gasteiger partial charge in [0.25, 0.3) is 0 Å². The molecular weight excluding hydrogens is 335 g/mol. The Morgan fingerprint density at radius 2 is 1.96 bits per heavy atom. The molecule has 0 spiro atoms. The van der Waals surface area contributed by atoms with Crippen molar-refractivity contribution in [2.75, 3.05) is 18.9 Å². The second-order valence-corrected chi connectivity index (χ2v) is 6.64. The molecule has 136 valence electrons. The first-order chi connectivity index (χ1) is 12.4. The van der Waals surface area contributed by atoms with E-state index < -0.39 is 0 Å². The highest BCUT2D eigenvalue weighted by molar-refractivity contribution is 5.97. The Labute approximate surface area is 151 Å². The van der Waals surface area contributed by atoms with Gasteiger partial charge in [0.1, 0.15) is 17.3 Å². The molecule has 0 bridgehead atoms. The van der Waals surface area contributed by atoms with Crippen LogP contribution in [0.1, 0.15) is 30.8 Å². The minimum Gasteiger partial charge on any atom is -0.461 e. The van der Waals surface area contributed by atoms with Gasteiger partial charge in [-0.25, -0.2) is 4.39 Å². The highest BCUT2D eigenvalue weighted by Crippen LogP contribution is 2.47. The molecule has 1 heterocycles. The Bertz CT molecular complexity index is 826. The number of carbonyl (C=O) groups excluding carboxylic acids is 2. The first-order valence-electron chi connectivity index (χ1n) is 8.50. The van der Waals surface area contributed by atoms with E-state index in [2.05, 4.69) is 12.2 Å². The van der Waals surface area contributed by atoms with Crippen molar-refractivity contribution in [3.8, 4) is 0 Å². The molecule has 0 aliphatic heterocycles. The fourth-order valence-corrected chi connectivity index (χ4v) is 2.68. The molecule has 1 aromatic heterocycles. The van der Waals surface area contributed by atoms with Crippen LogP contribution < -0.4 is 5.32 Å². The molecule has 1 fully saturated rings. The van der Waals surface area contributed by atoms with Crippen molar-refractivity contribution in [3.05, 3.63) is 59.8 Å². The first kappa shape index (κ1) is 17.9. The van der Waals surface area contributed by atoms with Crippen LogP contribution in [0.25, 0.3) is 6.08 Å². The predicted molar refractivity (Wildman–Crippen MR) is 96.9 cm³/mol. The summed E-state index contributed by atoms with van der Waals surface area (Å²) in [7, 11) is 1.54. The second kappa shape index (κ2) is 7.56. The summed E-state index contributed by atoms with van der Waals surface area (Å²) in [6.45, 7) is 2.07. The van der Waals surface area contributed by atoms with E-state index in [1.165, 1.54) is 42.3 Å². The van der Waals surface area contributed by atoms with E-state index in [0.29, 0.717) is 23.3 Å². The average Bonchev–Trinajstić information content (AvgIpc) is 3.15. The zero-order valence-corrected chi connectivity index (χ0v) is 14.7. The number of hydrogen-bond acceptors (Lipinski definition) is 3. The molecule has 2 aromatic rings. The summed E-state index contributed by atoms with van der Waals surface area (Å²) in [6.07, 6.45) is 4.12. The summed E-state index contributed by atoms with van der Waals surface area (Å²) >= 11 is 0. The molecule has 1 aliphatic carbocycles. The number of hydrogen-bond donors (Lipinski definition) is 1. The maximum Gasteiger partial charge on any atom is 0.246 e. The SMILES string of the molecule is CC1CC1c1ccc(/C=C/C(=O)N(C)CC(=O)Nc2ccc(F)cc2)o1. The molecule has 1 aliphatic rings. The highest BCUT2D eigenvalue weighted by atomic mass is 19.1. The first-order valence-corrected chi connectivity index (χ1v) is 8.50. The number of nitrogens with one attached hydrogen (secondary N) is 1. The van der Waals surface area contributed by atoms with E-state index in [1.807, 2.05) is 12.1 Å². The standard InChI is InChI=1S/C20H21FN2O3/c1-13-11-17(13)18-9-7-16(26-18)8-10-20(25)23(2)12-19(24)22-15-5-3-14(21)4-6-15/h3-10,13,17H,11-12H2,1-2H3,(H,22,24)/b10-8+. The summed E-state index contributed by atoms with van der Waals surface area (Å²) in [6, 6.07) is 9.22. The average molecular weight is 356 g/mol. The van der Waals surface area contributed by atoms with E-state index in [1.54, 1.807) is 6.08 Å². The molecule has 3 rings (SSSR count). The van der Waals surface area contributed by atoms with Crippen LogP contribution in [-0.4, -0.2) is 30.3 Å². The third-order valence-corrected chi connectivity index (χ3v) is 4.40. The zero-order chi connectivity index (χ0) is 18.7. The van der Waals surface area contributed by atoms with Crippen molar-refractivity contribution in [2.24, 2.45) is 5.92 Å². The molecule has 1 N–H and O–H groups in total. The van der Waals surface area contributed by atoms with Crippen LogP contribution in [-0.2, 0) is 9.59 Å². The van der Waals surface area contributed by atoms with Crippen LogP contribution in [0.5, 0.6) is 0 Å². The fraction of sp³-hybridized carbons (Fsp3) is 0.300. The lowest BCUT2D eigenvalue weighted by atomic mass is 10.3. The van der Waals surface area contributed by atoms with Gasteiger partial charge in [-0.05, 0) is 54.8 Å². The number of carbonyl (C=O) groups is 2. The summed E-state index contributed by atoms with van der Waals surface area (Å²) < 4.78 is 18.6. The molecular formula is C20H21FN2O3. The zero-order valence-electron chi connectivity index (χ0n) is 14.7. The van der Waals surface area contributed by atoms with Crippen molar-refractivity contribution in [3.63, 3.8) is 0 Å².